The zero-order valence-corrected chi connectivity index (χ0v) is 11.8. The van der Waals surface area contributed by atoms with Crippen LogP contribution in [-0.2, 0) is 10.8 Å². The minimum atomic E-state index is -1.19. The molecule has 3 nitrogen and oxygen atoms in total. The summed E-state index contributed by atoms with van der Waals surface area (Å²) in [6, 6.07) is 14.4. The average molecular weight is 296 g/mol. The summed E-state index contributed by atoms with van der Waals surface area (Å²) in [5, 5.41) is 0.541. The minimum Gasteiger partial charge on any atom is -0.493 e. The highest BCUT2D eigenvalue weighted by atomic mass is 35.5. The van der Waals surface area contributed by atoms with Gasteiger partial charge in [0.2, 0.25) is 0 Å². The summed E-state index contributed by atoms with van der Waals surface area (Å²) in [6.45, 7) is 0.374. The fourth-order valence-corrected chi connectivity index (χ4v) is 2.77. The lowest BCUT2D eigenvalue weighted by Crippen LogP contribution is -2.10. The van der Waals surface area contributed by atoms with Gasteiger partial charge in [-0.15, -0.1) is 0 Å². The lowest BCUT2D eigenvalue weighted by atomic mass is 10.3. The number of benzene rings is 2. The molecule has 0 saturated carbocycles. The Hall–Kier alpha value is -1.52. The highest BCUT2D eigenvalue weighted by molar-refractivity contribution is 7.85. The number of halogens is 1. The van der Waals surface area contributed by atoms with E-state index in [0.29, 0.717) is 28.0 Å². The van der Waals surface area contributed by atoms with Crippen LogP contribution < -0.4 is 10.5 Å². The molecule has 0 aliphatic rings. The van der Waals surface area contributed by atoms with Gasteiger partial charge in [-0.25, -0.2) is 0 Å². The molecule has 0 fully saturated rings. The summed E-state index contributed by atoms with van der Waals surface area (Å²) in [6.07, 6.45) is 0. The van der Waals surface area contributed by atoms with E-state index in [0.717, 1.165) is 5.75 Å². The van der Waals surface area contributed by atoms with Crippen LogP contribution in [0.2, 0.25) is 5.02 Å². The Balaban J connectivity index is 1.91. The van der Waals surface area contributed by atoms with Crippen molar-refractivity contribution < 1.29 is 8.95 Å². The van der Waals surface area contributed by atoms with Crippen molar-refractivity contribution >= 4 is 28.1 Å². The highest BCUT2D eigenvalue weighted by Crippen LogP contribution is 2.21. The van der Waals surface area contributed by atoms with E-state index >= 15 is 0 Å². The Kier molecular flexibility index (Phi) is 4.82. The maximum Gasteiger partial charge on any atom is 0.119 e. The summed E-state index contributed by atoms with van der Waals surface area (Å²) >= 11 is 5.80. The van der Waals surface area contributed by atoms with Crippen LogP contribution in [0.25, 0.3) is 0 Å². The number of nitrogens with two attached hydrogens (primary N) is 1. The first kappa shape index (κ1) is 13.9. The third-order valence-electron chi connectivity index (χ3n) is 2.50. The Morgan fingerprint density at radius 3 is 2.58 bits per heavy atom. The van der Waals surface area contributed by atoms with Crippen LogP contribution in [0.3, 0.4) is 0 Å². The molecule has 2 aromatic carbocycles. The Morgan fingerprint density at radius 1 is 1.16 bits per heavy atom. The molecule has 0 bridgehead atoms. The van der Waals surface area contributed by atoms with Gasteiger partial charge in [0.15, 0.2) is 0 Å². The van der Waals surface area contributed by atoms with E-state index in [-0.39, 0.29) is 0 Å². The van der Waals surface area contributed by atoms with E-state index in [1.54, 1.807) is 18.2 Å². The van der Waals surface area contributed by atoms with Crippen LogP contribution in [0.15, 0.2) is 53.4 Å². The Morgan fingerprint density at radius 2 is 1.89 bits per heavy atom. The van der Waals surface area contributed by atoms with E-state index in [1.165, 1.54) is 0 Å². The number of anilines is 1. The molecule has 19 heavy (non-hydrogen) atoms. The normalized spacial score (nSPS) is 12.1. The van der Waals surface area contributed by atoms with Gasteiger partial charge in [0.1, 0.15) is 12.4 Å². The zero-order valence-electron chi connectivity index (χ0n) is 10.2. The molecule has 1 atom stereocenters. The first-order chi connectivity index (χ1) is 9.16. The van der Waals surface area contributed by atoms with Crippen LogP contribution in [0, 0.1) is 0 Å². The van der Waals surface area contributed by atoms with Gasteiger partial charge in [0.25, 0.3) is 0 Å². The van der Waals surface area contributed by atoms with Crippen molar-refractivity contribution in [3.8, 4) is 5.75 Å². The van der Waals surface area contributed by atoms with Gasteiger partial charge in [0, 0.05) is 10.7 Å². The van der Waals surface area contributed by atoms with Gasteiger partial charge in [0.05, 0.1) is 21.4 Å². The van der Waals surface area contributed by atoms with Crippen LogP contribution >= 0.6 is 11.6 Å². The molecule has 100 valence electrons. The average Bonchev–Trinajstić information content (AvgIpc) is 2.39. The summed E-state index contributed by atoms with van der Waals surface area (Å²) in [7, 11) is -1.19. The van der Waals surface area contributed by atoms with Gasteiger partial charge in [-0.05, 0) is 30.3 Å². The first-order valence-corrected chi connectivity index (χ1v) is 7.48. The third-order valence-corrected chi connectivity index (χ3v) is 4.13. The van der Waals surface area contributed by atoms with Gasteiger partial charge < -0.3 is 10.5 Å². The molecule has 2 N–H and O–H groups in total. The molecular formula is C14H14ClNO2S. The Bertz CT molecular complexity index is 575. The fourth-order valence-electron chi connectivity index (χ4n) is 1.59. The summed E-state index contributed by atoms with van der Waals surface area (Å²) < 4.78 is 17.6. The van der Waals surface area contributed by atoms with E-state index in [2.05, 4.69) is 0 Å². The monoisotopic (exact) mass is 295 g/mol. The van der Waals surface area contributed by atoms with E-state index in [4.69, 9.17) is 22.1 Å². The quantitative estimate of drug-likeness (QED) is 0.862. The molecule has 0 heterocycles. The standard InChI is InChI=1S/C14H14ClNO2S/c15-11-6-7-14(13(16)10-11)19(17)9-8-18-12-4-2-1-3-5-12/h1-7,10H,8-9,16H2. The zero-order chi connectivity index (χ0) is 13.7. The molecule has 0 saturated heterocycles. The number of nitrogen functional groups attached to an aromatic ring is 1. The van der Waals surface area contributed by atoms with Crippen molar-refractivity contribution in [1.82, 2.24) is 0 Å². The minimum absolute atomic E-state index is 0.374. The largest absolute Gasteiger partial charge is 0.493 e. The molecule has 1 unspecified atom stereocenters. The number of para-hydroxylation sites is 1. The SMILES string of the molecule is Nc1cc(Cl)ccc1S(=O)CCOc1ccccc1. The predicted molar refractivity (Wildman–Crippen MR) is 79.1 cm³/mol. The molecule has 0 aliphatic carbocycles. The van der Waals surface area contributed by atoms with Gasteiger partial charge in [-0.1, -0.05) is 29.8 Å². The smallest absolute Gasteiger partial charge is 0.119 e. The number of ether oxygens (including phenoxy) is 1. The van der Waals surface area contributed by atoms with Crippen LogP contribution in [0.5, 0.6) is 5.75 Å². The predicted octanol–water partition coefficient (Wildman–Crippen LogP) is 3.11. The molecule has 0 radical (unpaired) electrons. The lowest BCUT2D eigenvalue weighted by Gasteiger charge is -2.08. The third kappa shape index (κ3) is 3.98. The van der Waals surface area contributed by atoms with Crippen LogP contribution in [0.1, 0.15) is 0 Å². The summed E-state index contributed by atoms with van der Waals surface area (Å²) in [5.41, 5.74) is 6.24. The van der Waals surface area contributed by atoms with E-state index < -0.39 is 10.8 Å². The molecule has 2 rings (SSSR count). The number of hydrogen-bond acceptors (Lipinski definition) is 3. The maximum absolute atomic E-state index is 12.1. The molecule has 5 heteroatoms. The summed E-state index contributed by atoms with van der Waals surface area (Å²) in [4.78, 5) is 0.598. The second kappa shape index (κ2) is 6.59. The molecule has 2 aromatic rings. The van der Waals surface area contributed by atoms with Gasteiger partial charge in [-0.3, -0.25) is 4.21 Å². The molecule has 0 aromatic heterocycles. The second-order valence-electron chi connectivity index (χ2n) is 3.89. The van der Waals surface area contributed by atoms with Crippen molar-refractivity contribution in [3.63, 3.8) is 0 Å². The van der Waals surface area contributed by atoms with Crippen molar-refractivity contribution in [3.05, 3.63) is 53.6 Å². The molecule has 0 aliphatic heterocycles. The fraction of sp³-hybridized carbons (Fsp3) is 0.143. The van der Waals surface area contributed by atoms with Gasteiger partial charge >= 0.3 is 0 Å². The Labute approximate surface area is 119 Å². The van der Waals surface area contributed by atoms with Crippen molar-refractivity contribution in [2.75, 3.05) is 18.1 Å². The van der Waals surface area contributed by atoms with Crippen LogP contribution in [-0.4, -0.2) is 16.6 Å². The van der Waals surface area contributed by atoms with Gasteiger partial charge in [-0.2, -0.15) is 0 Å². The maximum atomic E-state index is 12.1. The molecule has 0 spiro atoms. The van der Waals surface area contributed by atoms with Crippen molar-refractivity contribution in [2.45, 2.75) is 4.90 Å². The first-order valence-electron chi connectivity index (χ1n) is 5.78. The molecular weight excluding hydrogens is 282 g/mol. The second-order valence-corrected chi connectivity index (χ2v) is 5.87. The topological polar surface area (TPSA) is 52.3 Å². The molecule has 0 amide bonds. The van der Waals surface area contributed by atoms with Crippen LogP contribution in [0.4, 0.5) is 5.69 Å². The lowest BCUT2D eigenvalue weighted by molar-refractivity contribution is 0.342. The van der Waals surface area contributed by atoms with Crippen molar-refractivity contribution in [1.29, 1.82) is 0 Å². The number of rotatable bonds is 5. The summed E-state index contributed by atoms with van der Waals surface area (Å²) in [5.74, 6) is 1.16. The van der Waals surface area contributed by atoms with E-state index in [9.17, 15) is 4.21 Å². The van der Waals surface area contributed by atoms with Crippen molar-refractivity contribution in [2.24, 2.45) is 0 Å². The highest BCUT2D eigenvalue weighted by Gasteiger charge is 2.08. The number of hydrogen-bond donors (Lipinski definition) is 1. The van der Waals surface area contributed by atoms with E-state index in [1.807, 2.05) is 30.3 Å².